The van der Waals surface area contributed by atoms with Crippen LogP contribution in [0.15, 0.2) is 46.6 Å². The van der Waals surface area contributed by atoms with E-state index in [1.807, 2.05) is 24.3 Å². The molecule has 0 radical (unpaired) electrons. The van der Waals surface area contributed by atoms with E-state index in [1.54, 1.807) is 6.07 Å². The van der Waals surface area contributed by atoms with E-state index in [0.717, 1.165) is 29.0 Å². The van der Waals surface area contributed by atoms with Gasteiger partial charge in [-0.15, -0.1) is 0 Å². The van der Waals surface area contributed by atoms with E-state index < -0.39 is 0 Å². The Hall–Kier alpha value is -2.67. The molecule has 3 aromatic rings. The average molecular weight is 297 g/mol. The molecule has 21 heavy (non-hydrogen) atoms. The molecular weight excluding hydrogens is 286 g/mol. The van der Waals surface area contributed by atoms with E-state index in [-0.39, 0.29) is 11.6 Å². The molecule has 0 unspecified atom stereocenters. The lowest BCUT2D eigenvalue weighted by Crippen LogP contribution is -2.00. The zero-order valence-corrected chi connectivity index (χ0v) is 11.7. The number of anilines is 2. The molecule has 0 amide bonds. The number of aromatic nitrogens is 3. The second-order valence-electron chi connectivity index (χ2n) is 4.30. The summed E-state index contributed by atoms with van der Waals surface area (Å²) in [5.74, 6) is 0.553. The Labute approximate surface area is 124 Å². The fraction of sp³-hybridized carbons (Fsp3) is 0. The van der Waals surface area contributed by atoms with E-state index in [4.69, 9.17) is 11.5 Å². The first-order valence-corrected chi connectivity index (χ1v) is 6.90. The monoisotopic (exact) mass is 297 g/mol. The Bertz CT molecular complexity index is 816. The molecule has 0 aliphatic rings. The molecule has 0 fully saturated rings. The fourth-order valence-electron chi connectivity index (χ4n) is 1.87. The summed E-state index contributed by atoms with van der Waals surface area (Å²) >= 11 is 1.16. The summed E-state index contributed by atoms with van der Waals surface area (Å²) in [7, 11) is 0. The number of fused-ring (bicyclic) bond motifs is 1. The highest BCUT2D eigenvalue weighted by Gasteiger charge is 2.11. The molecule has 3 rings (SSSR count). The number of rotatable bonds is 3. The van der Waals surface area contributed by atoms with Crippen molar-refractivity contribution in [3.8, 4) is 0 Å². The van der Waals surface area contributed by atoms with E-state index in [2.05, 4.69) is 15.0 Å². The van der Waals surface area contributed by atoms with Crippen LogP contribution in [0, 0.1) is 0 Å². The van der Waals surface area contributed by atoms with Gasteiger partial charge in [0.1, 0.15) is 16.7 Å². The van der Waals surface area contributed by atoms with Crippen LogP contribution < -0.4 is 11.5 Å². The first-order valence-electron chi connectivity index (χ1n) is 6.08. The van der Waals surface area contributed by atoms with E-state index in [1.165, 1.54) is 6.07 Å². The van der Waals surface area contributed by atoms with Gasteiger partial charge in [0.25, 0.3) is 0 Å². The van der Waals surface area contributed by atoms with Crippen LogP contribution in [0.1, 0.15) is 10.4 Å². The van der Waals surface area contributed by atoms with Gasteiger partial charge >= 0.3 is 0 Å². The lowest BCUT2D eigenvalue weighted by atomic mass is 10.2. The van der Waals surface area contributed by atoms with Crippen LogP contribution in [-0.2, 0) is 0 Å². The summed E-state index contributed by atoms with van der Waals surface area (Å²) in [6, 6.07) is 10.8. The smallest absolute Gasteiger partial charge is 0.197 e. The first-order chi connectivity index (χ1) is 10.2. The maximum absolute atomic E-state index is 11.3. The minimum atomic E-state index is 0.276. The number of pyridine rings is 1. The van der Waals surface area contributed by atoms with Crippen LogP contribution in [0.25, 0.3) is 10.9 Å². The Morgan fingerprint density at radius 3 is 2.43 bits per heavy atom. The Kier molecular flexibility index (Phi) is 3.41. The zero-order valence-electron chi connectivity index (χ0n) is 10.9. The molecule has 104 valence electrons. The largest absolute Gasteiger partial charge is 0.383 e. The van der Waals surface area contributed by atoms with Crippen molar-refractivity contribution in [2.24, 2.45) is 0 Å². The van der Waals surface area contributed by atoms with Crippen molar-refractivity contribution in [2.75, 3.05) is 11.5 Å². The Morgan fingerprint density at radius 2 is 1.71 bits per heavy atom. The molecule has 0 spiro atoms. The lowest BCUT2D eigenvalue weighted by Gasteiger charge is -2.06. The second kappa shape index (κ2) is 5.37. The van der Waals surface area contributed by atoms with Gasteiger partial charge in [-0.3, -0.25) is 4.79 Å². The summed E-state index contributed by atoms with van der Waals surface area (Å²) in [5, 5.41) is 1.78. The van der Waals surface area contributed by atoms with E-state index >= 15 is 0 Å². The minimum absolute atomic E-state index is 0.276. The normalized spacial score (nSPS) is 10.7. The van der Waals surface area contributed by atoms with Gasteiger partial charge in [0.05, 0.1) is 5.52 Å². The summed E-state index contributed by atoms with van der Waals surface area (Å²) in [6.45, 7) is 0. The van der Waals surface area contributed by atoms with Gasteiger partial charge < -0.3 is 11.5 Å². The quantitative estimate of drug-likeness (QED) is 0.563. The molecule has 0 saturated carbocycles. The van der Waals surface area contributed by atoms with Gasteiger partial charge in [0.15, 0.2) is 11.4 Å². The number of hydrogen-bond acceptors (Lipinski definition) is 7. The number of benzene rings is 1. The van der Waals surface area contributed by atoms with Crippen molar-refractivity contribution in [1.29, 1.82) is 0 Å². The molecular formula is C14H11N5OS. The van der Waals surface area contributed by atoms with Gasteiger partial charge in [-0.25, -0.2) is 15.0 Å². The maximum atomic E-state index is 11.3. The van der Waals surface area contributed by atoms with Gasteiger partial charge in [0.2, 0.25) is 0 Å². The number of hydrogen-bond donors (Lipinski definition) is 2. The van der Waals surface area contributed by atoms with Crippen LogP contribution in [0.5, 0.6) is 0 Å². The fourth-order valence-corrected chi connectivity index (χ4v) is 2.72. The number of nitrogens with two attached hydrogens (primary N) is 2. The number of carbonyl (C=O) groups is 1. The molecule has 0 saturated heterocycles. The summed E-state index contributed by atoms with van der Waals surface area (Å²) in [6.07, 6.45) is 0.761. The third kappa shape index (κ3) is 2.77. The van der Waals surface area contributed by atoms with Crippen molar-refractivity contribution in [3.05, 3.63) is 42.0 Å². The van der Waals surface area contributed by atoms with Gasteiger partial charge in [-0.1, -0.05) is 18.2 Å². The molecule has 2 aromatic heterocycles. The standard InChI is InChI=1S/C14H11N5OS/c15-11-6-12(16)19-14(18-11)21-13-9(7-20)5-8-3-1-2-4-10(8)17-13/h1-7H,(H4,15,16,18,19). The van der Waals surface area contributed by atoms with Crippen LogP contribution in [0.3, 0.4) is 0 Å². The Balaban J connectivity index is 2.08. The number of aldehydes is 1. The Morgan fingerprint density at radius 1 is 1.00 bits per heavy atom. The van der Waals surface area contributed by atoms with Crippen molar-refractivity contribution in [1.82, 2.24) is 15.0 Å². The highest BCUT2D eigenvalue weighted by atomic mass is 32.2. The number of nitrogens with zero attached hydrogens (tertiary/aromatic N) is 3. The number of para-hydroxylation sites is 1. The predicted molar refractivity (Wildman–Crippen MR) is 82.1 cm³/mol. The average Bonchev–Trinajstić information content (AvgIpc) is 2.45. The predicted octanol–water partition coefficient (Wildman–Crippen LogP) is 2.15. The number of nitrogen functional groups attached to an aromatic ring is 2. The molecule has 1 aromatic carbocycles. The van der Waals surface area contributed by atoms with Crippen molar-refractivity contribution >= 4 is 40.6 Å². The molecule has 0 atom stereocenters. The SMILES string of the molecule is Nc1cc(N)nc(Sc2nc3ccccc3cc2C=O)n1. The zero-order chi connectivity index (χ0) is 14.8. The number of carbonyl (C=O) groups excluding carboxylic acids is 1. The van der Waals surface area contributed by atoms with E-state index in [0.29, 0.717) is 15.7 Å². The lowest BCUT2D eigenvalue weighted by molar-refractivity contribution is 0.112. The van der Waals surface area contributed by atoms with Crippen LogP contribution in [0.2, 0.25) is 0 Å². The molecule has 7 heteroatoms. The van der Waals surface area contributed by atoms with Crippen molar-refractivity contribution in [2.45, 2.75) is 10.2 Å². The third-order valence-electron chi connectivity index (χ3n) is 2.78. The molecule has 6 nitrogen and oxygen atoms in total. The highest BCUT2D eigenvalue weighted by molar-refractivity contribution is 7.99. The second-order valence-corrected chi connectivity index (χ2v) is 5.25. The first kappa shape index (κ1) is 13.3. The van der Waals surface area contributed by atoms with Crippen molar-refractivity contribution in [3.63, 3.8) is 0 Å². The third-order valence-corrected chi connectivity index (χ3v) is 3.66. The van der Waals surface area contributed by atoms with Gasteiger partial charge in [0, 0.05) is 17.0 Å². The summed E-state index contributed by atoms with van der Waals surface area (Å²) in [4.78, 5) is 23.9. The minimum Gasteiger partial charge on any atom is -0.383 e. The van der Waals surface area contributed by atoms with Crippen LogP contribution >= 0.6 is 11.8 Å². The van der Waals surface area contributed by atoms with Gasteiger partial charge in [-0.05, 0) is 23.9 Å². The van der Waals surface area contributed by atoms with Crippen LogP contribution in [-0.4, -0.2) is 21.2 Å². The van der Waals surface area contributed by atoms with Crippen molar-refractivity contribution < 1.29 is 4.79 Å². The molecule has 4 N–H and O–H groups in total. The van der Waals surface area contributed by atoms with Gasteiger partial charge in [-0.2, -0.15) is 0 Å². The topological polar surface area (TPSA) is 108 Å². The maximum Gasteiger partial charge on any atom is 0.197 e. The molecule has 2 heterocycles. The molecule has 0 aliphatic carbocycles. The molecule has 0 aliphatic heterocycles. The highest BCUT2D eigenvalue weighted by Crippen LogP contribution is 2.29. The summed E-state index contributed by atoms with van der Waals surface area (Å²) < 4.78 is 0. The summed E-state index contributed by atoms with van der Waals surface area (Å²) in [5.41, 5.74) is 12.5. The molecule has 0 bridgehead atoms. The van der Waals surface area contributed by atoms with Crippen LogP contribution in [0.4, 0.5) is 11.6 Å². The van der Waals surface area contributed by atoms with E-state index in [9.17, 15) is 4.79 Å².